The Kier molecular flexibility index (Phi) is 5.96. The van der Waals surface area contributed by atoms with Crippen molar-refractivity contribution in [1.82, 2.24) is 10.3 Å². The van der Waals surface area contributed by atoms with Crippen molar-refractivity contribution in [3.05, 3.63) is 45.1 Å². The van der Waals surface area contributed by atoms with Crippen molar-refractivity contribution < 1.29 is 23.8 Å². The third-order valence-electron chi connectivity index (χ3n) is 5.67. The molecule has 1 fully saturated rings. The first-order valence-electron chi connectivity index (χ1n) is 9.97. The molecule has 0 atom stereocenters. The number of benzene rings is 1. The highest BCUT2D eigenvalue weighted by molar-refractivity contribution is 7.09. The number of carbonyl (C=O) groups excluding carboxylic acids is 1. The number of nitrogens with one attached hydrogen (secondary N) is 1. The minimum absolute atomic E-state index is 0.190. The maximum absolute atomic E-state index is 13.3. The SMILES string of the molecule is Cc1ncsc1COc1ccc2oc(C)c(C(=O)NC3(CO)CCOCC3)c2c1C#N. The molecule has 4 rings (SSSR count). The summed E-state index contributed by atoms with van der Waals surface area (Å²) in [5.74, 6) is 0.388. The van der Waals surface area contributed by atoms with E-state index in [4.69, 9.17) is 13.9 Å². The molecule has 0 saturated carbocycles. The number of aliphatic hydroxyl groups excluding tert-OH is 1. The van der Waals surface area contributed by atoms with Gasteiger partial charge in [-0.2, -0.15) is 5.26 Å². The summed E-state index contributed by atoms with van der Waals surface area (Å²) in [4.78, 5) is 18.4. The molecule has 1 aromatic carbocycles. The maximum atomic E-state index is 13.3. The third-order valence-corrected chi connectivity index (χ3v) is 6.58. The van der Waals surface area contributed by atoms with Crippen molar-refractivity contribution in [3.63, 3.8) is 0 Å². The highest BCUT2D eigenvalue weighted by atomic mass is 32.1. The van der Waals surface area contributed by atoms with Crippen LogP contribution in [0.5, 0.6) is 5.75 Å². The van der Waals surface area contributed by atoms with Crippen LogP contribution in [0.3, 0.4) is 0 Å². The molecule has 162 valence electrons. The first kappa shape index (κ1) is 21.3. The zero-order chi connectivity index (χ0) is 22.0. The van der Waals surface area contributed by atoms with Gasteiger partial charge in [-0.15, -0.1) is 11.3 Å². The second-order valence-corrected chi connectivity index (χ2v) is 8.55. The summed E-state index contributed by atoms with van der Waals surface area (Å²) in [6.07, 6.45) is 1.02. The smallest absolute Gasteiger partial charge is 0.256 e. The first-order chi connectivity index (χ1) is 15.0. The van der Waals surface area contributed by atoms with Gasteiger partial charge in [-0.3, -0.25) is 4.79 Å². The standard InChI is InChI=1S/C22H23N3O5S/c1-13-18(31-12-24-13)10-29-16-3-4-17-20(15(16)9-23)19(14(2)30-17)21(27)25-22(11-26)5-7-28-8-6-22/h3-4,12,26H,5-8,10-11H2,1-2H3,(H,25,27). The van der Waals surface area contributed by atoms with E-state index in [0.717, 1.165) is 10.6 Å². The van der Waals surface area contributed by atoms with Gasteiger partial charge in [0, 0.05) is 13.2 Å². The monoisotopic (exact) mass is 441 g/mol. The number of nitrogens with zero attached hydrogens (tertiary/aromatic N) is 2. The van der Waals surface area contributed by atoms with Crippen LogP contribution in [0.2, 0.25) is 0 Å². The van der Waals surface area contributed by atoms with Gasteiger partial charge in [-0.05, 0) is 38.8 Å². The minimum atomic E-state index is -0.754. The first-order valence-corrected chi connectivity index (χ1v) is 10.8. The molecular formula is C22H23N3O5S. The fraction of sp³-hybridized carbons (Fsp3) is 0.409. The number of thiazole rings is 1. The summed E-state index contributed by atoms with van der Waals surface area (Å²) in [7, 11) is 0. The van der Waals surface area contributed by atoms with E-state index in [1.165, 1.54) is 11.3 Å². The number of nitriles is 1. The van der Waals surface area contributed by atoms with Crippen LogP contribution in [0, 0.1) is 25.2 Å². The molecule has 3 aromatic rings. The Morgan fingerprint density at radius 1 is 1.39 bits per heavy atom. The van der Waals surface area contributed by atoms with E-state index in [1.54, 1.807) is 24.6 Å². The second-order valence-electron chi connectivity index (χ2n) is 7.61. The number of hydrogen-bond acceptors (Lipinski definition) is 8. The van der Waals surface area contributed by atoms with Crippen molar-refractivity contribution in [2.45, 2.75) is 38.8 Å². The van der Waals surface area contributed by atoms with Gasteiger partial charge >= 0.3 is 0 Å². The zero-order valence-electron chi connectivity index (χ0n) is 17.4. The Balaban J connectivity index is 1.70. The number of rotatable bonds is 6. The van der Waals surface area contributed by atoms with Crippen LogP contribution >= 0.6 is 11.3 Å². The summed E-state index contributed by atoms with van der Waals surface area (Å²) in [6, 6.07) is 5.55. The van der Waals surface area contributed by atoms with E-state index in [9.17, 15) is 15.2 Å². The van der Waals surface area contributed by atoms with Crippen LogP contribution in [0.25, 0.3) is 11.0 Å². The zero-order valence-corrected chi connectivity index (χ0v) is 18.2. The molecule has 2 aromatic heterocycles. The van der Waals surface area contributed by atoms with Gasteiger partial charge in [0.2, 0.25) is 0 Å². The fourth-order valence-electron chi connectivity index (χ4n) is 3.79. The molecule has 0 spiro atoms. The number of furan rings is 1. The average Bonchev–Trinajstić information content (AvgIpc) is 3.34. The van der Waals surface area contributed by atoms with Crippen LogP contribution in [0.4, 0.5) is 0 Å². The van der Waals surface area contributed by atoms with E-state index in [2.05, 4.69) is 16.4 Å². The van der Waals surface area contributed by atoms with Crippen LogP contribution in [0.15, 0.2) is 22.1 Å². The van der Waals surface area contributed by atoms with Gasteiger partial charge in [0.25, 0.3) is 5.91 Å². The van der Waals surface area contributed by atoms with Gasteiger partial charge in [0.15, 0.2) is 0 Å². The quantitative estimate of drug-likeness (QED) is 0.603. The summed E-state index contributed by atoms with van der Waals surface area (Å²) < 4.78 is 17.1. The lowest BCUT2D eigenvalue weighted by atomic mass is 9.90. The highest BCUT2D eigenvalue weighted by Gasteiger charge is 2.35. The van der Waals surface area contributed by atoms with Crippen molar-refractivity contribution >= 4 is 28.2 Å². The fourth-order valence-corrected chi connectivity index (χ4v) is 4.48. The molecule has 0 bridgehead atoms. The van der Waals surface area contributed by atoms with E-state index < -0.39 is 5.54 Å². The van der Waals surface area contributed by atoms with Gasteiger partial charge in [0.1, 0.15) is 35.3 Å². The van der Waals surface area contributed by atoms with Crippen LogP contribution < -0.4 is 10.1 Å². The number of carbonyl (C=O) groups is 1. The van der Waals surface area contributed by atoms with Crippen molar-refractivity contribution in [1.29, 1.82) is 5.26 Å². The molecule has 0 aliphatic carbocycles. The van der Waals surface area contributed by atoms with Crippen LogP contribution in [-0.4, -0.2) is 41.4 Å². The lowest BCUT2D eigenvalue weighted by Crippen LogP contribution is -2.54. The van der Waals surface area contributed by atoms with Crippen molar-refractivity contribution in [2.24, 2.45) is 0 Å². The molecule has 3 heterocycles. The number of aryl methyl sites for hydroxylation is 2. The minimum Gasteiger partial charge on any atom is -0.487 e. The molecule has 1 aliphatic rings. The van der Waals surface area contributed by atoms with Gasteiger partial charge < -0.3 is 24.3 Å². The van der Waals surface area contributed by atoms with Crippen LogP contribution in [0.1, 0.15) is 45.1 Å². The molecule has 0 unspecified atom stereocenters. The Morgan fingerprint density at radius 2 is 2.16 bits per heavy atom. The number of fused-ring (bicyclic) bond motifs is 1. The normalized spacial score (nSPS) is 15.5. The van der Waals surface area contributed by atoms with Crippen molar-refractivity contribution in [2.75, 3.05) is 19.8 Å². The Bertz CT molecular complexity index is 1150. The molecule has 1 amide bonds. The maximum Gasteiger partial charge on any atom is 0.256 e. The Morgan fingerprint density at radius 3 is 2.81 bits per heavy atom. The lowest BCUT2D eigenvalue weighted by molar-refractivity contribution is 0.0125. The molecule has 0 radical (unpaired) electrons. The van der Waals surface area contributed by atoms with E-state index in [1.807, 2.05) is 6.92 Å². The molecule has 1 saturated heterocycles. The molecule has 8 nitrogen and oxygen atoms in total. The Labute approximate surface area is 183 Å². The van der Waals surface area contributed by atoms with E-state index >= 15 is 0 Å². The average molecular weight is 442 g/mol. The lowest BCUT2D eigenvalue weighted by Gasteiger charge is -2.36. The molecule has 31 heavy (non-hydrogen) atoms. The summed E-state index contributed by atoms with van der Waals surface area (Å²) >= 11 is 1.48. The van der Waals surface area contributed by atoms with Gasteiger partial charge in [-0.1, -0.05) is 0 Å². The Hall–Kier alpha value is -2.93. The van der Waals surface area contributed by atoms with Gasteiger partial charge in [-0.25, -0.2) is 4.98 Å². The summed E-state index contributed by atoms with van der Waals surface area (Å²) in [6.45, 7) is 4.60. The van der Waals surface area contributed by atoms with E-state index in [0.29, 0.717) is 48.5 Å². The predicted octanol–water partition coefficient (Wildman–Crippen LogP) is 3.23. The van der Waals surface area contributed by atoms with Crippen molar-refractivity contribution in [3.8, 4) is 11.8 Å². The number of hydrogen-bond donors (Lipinski definition) is 2. The van der Waals surface area contributed by atoms with Gasteiger partial charge in [0.05, 0.1) is 39.2 Å². The number of aliphatic hydroxyl groups is 1. The molecule has 2 N–H and O–H groups in total. The second kappa shape index (κ2) is 8.67. The number of aromatic nitrogens is 1. The molecule has 1 aliphatic heterocycles. The predicted molar refractivity (Wildman–Crippen MR) is 114 cm³/mol. The van der Waals surface area contributed by atoms with Crippen LogP contribution in [-0.2, 0) is 11.3 Å². The summed E-state index contributed by atoms with van der Waals surface area (Å²) in [5.41, 5.74) is 2.84. The largest absolute Gasteiger partial charge is 0.487 e. The van der Waals surface area contributed by atoms with E-state index in [-0.39, 0.29) is 30.2 Å². The summed E-state index contributed by atoms with van der Waals surface area (Å²) in [5, 5.41) is 23.2. The molecular weight excluding hydrogens is 418 g/mol. The number of amides is 1. The highest BCUT2D eigenvalue weighted by Crippen LogP contribution is 2.35. The topological polar surface area (TPSA) is 118 Å². The molecule has 9 heteroatoms. The number of ether oxygens (including phenoxy) is 2. The third kappa shape index (κ3) is 4.02.